The van der Waals surface area contributed by atoms with E-state index in [1.54, 1.807) is 26.2 Å². The molecule has 0 saturated heterocycles. The predicted molar refractivity (Wildman–Crippen MR) is 115 cm³/mol. The summed E-state index contributed by atoms with van der Waals surface area (Å²) in [5, 5.41) is 18.3. The van der Waals surface area contributed by atoms with Crippen molar-refractivity contribution in [3.63, 3.8) is 0 Å². The number of nitrogens with zero attached hydrogens (tertiary/aromatic N) is 2. The van der Waals surface area contributed by atoms with Gasteiger partial charge in [-0.25, -0.2) is 0 Å². The Hall–Kier alpha value is -2.59. The van der Waals surface area contributed by atoms with Gasteiger partial charge in [0.25, 0.3) is 0 Å². The van der Waals surface area contributed by atoms with Crippen molar-refractivity contribution >= 4 is 31.3 Å². The molecule has 0 fully saturated rings. The Morgan fingerprint density at radius 3 is 2.23 bits per heavy atom. The highest BCUT2D eigenvalue weighted by atomic mass is 28.4. The maximum absolute atomic E-state index is 11.0. The highest BCUT2D eigenvalue weighted by Crippen LogP contribution is 2.28. The number of azo groups is 1. The van der Waals surface area contributed by atoms with E-state index >= 15 is 0 Å². The number of benzene rings is 2. The van der Waals surface area contributed by atoms with Gasteiger partial charge in [-0.3, -0.25) is 4.79 Å². The summed E-state index contributed by atoms with van der Waals surface area (Å²) in [5.41, 5.74) is 1.27. The number of carboxylic acids is 1. The number of rotatable bonds is 12. The minimum absolute atomic E-state index is 0.139. The van der Waals surface area contributed by atoms with E-state index in [1.165, 1.54) is 0 Å². The molecule has 2 aromatic rings. The largest absolute Gasteiger partial charge is 0.537 e. The van der Waals surface area contributed by atoms with Gasteiger partial charge in [-0.1, -0.05) is 24.3 Å². The monoisotopic (exact) mass is 432 g/mol. The third kappa shape index (κ3) is 6.46. The van der Waals surface area contributed by atoms with Crippen molar-refractivity contribution in [2.45, 2.75) is 33.3 Å². The van der Waals surface area contributed by atoms with Crippen LogP contribution in [-0.2, 0) is 18.1 Å². The van der Waals surface area contributed by atoms with Gasteiger partial charge in [0.2, 0.25) is 0 Å². The van der Waals surface area contributed by atoms with Gasteiger partial charge in [0.15, 0.2) is 0 Å². The average Bonchev–Trinajstić information content (AvgIpc) is 2.72. The van der Waals surface area contributed by atoms with E-state index in [9.17, 15) is 4.79 Å². The van der Waals surface area contributed by atoms with E-state index in [4.69, 9.17) is 23.1 Å². The lowest BCUT2D eigenvalue weighted by atomic mass is 10.3. The Morgan fingerprint density at radius 1 is 1.03 bits per heavy atom. The fraction of sp³-hybridized carbons (Fsp3) is 0.381. The van der Waals surface area contributed by atoms with Crippen molar-refractivity contribution in [2.75, 3.05) is 20.3 Å². The van der Waals surface area contributed by atoms with Crippen molar-refractivity contribution in [3.8, 4) is 5.75 Å². The van der Waals surface area contributed by atoms with Crippen LogP contribution >= 0.6 is 0 Å². The average molecular weight is 433 g/mol. The summed E-state index contributed by atoms with van der Waals surface area (Å²) in [7, 11) is -1.70. The molecular formula is C21H28N2O6Si. The lowest BCUT2D eigenvalue weighted by molar-refractivity contribution is -0.139. The van der Waals surface area contributed by atoms with E-state index in [2.05, 4.69) is 10.2 Å². The zero-order valence-electron chi connectivity index (χ0n) is 17.7. The number of carboxylic acid groups (broad SMARTS) is 1. The molecule has 30 heavy (non-hydrogen) atoms. The molecule has 162 valence electrons. The molecule has 2 aromatic carbocycles. The first-order valence-corrected chi connectivity index (χ1v) is 11.5. The Labute approximate surface area is 177 Å². The first kappa shape index (κ1) is 23.7. The van der Waals surface area contributed by atoms with Crippen molar-refractivity contribution in [2.24, 2.45) is 10.2 Å². The fourth-order valence-electron chi connectivity index (χ4n) is 2.83. The second kappa shape index (κ2) is 11.6. The SMILES string of the molecule is CCO[Si](OCC)(OC(C)CC(=O)O)c1ccc(N=Nc2ccccc2OC)cc1. The molecule has 0 amide bonds. The van der Waals surface area contributed by atoms with Gasteiger partial charge in [0.1, 0.15) is 11.4 Å². The van der Waals surface area contributed by atoms with Crippen LogP contribution in [0, 0.1) is 0 Å². The van der Waals surface area contributed by atoms with E-state index in [1.807, 2.05) is 50.2 Å². The van der Waals surface area contributed by atoms with Gasteiger partial charge < -0.3 is 23.1 Å². The Morgan fingerprint density at radius 2 is 1.67 bits per heavy atom. The quantitative estimate of drug-likeness (QED) is 0.398. The summed E-state index contributed by atoms with van der Waals surface area (Å²) in [4.78, 5) is 11.0. The number of hydrogen-bond acceptors (Lipinski definition) is 7. The van der Waals surface area contributed by atoms with E-state index < -0.39 is 20.9 Å². The number of carbonyl (C=O) groups is 1. The molecule has 0 aromatic heterocycles. The summed E-state index contributed by atoms with van der Waals surface area (Å²) in [6.07, 6.45) is -0.697. The second-order valence-electron chi connectivity index (χ2n) is 6.37. The molecule has 9 heteroatoms. The standard InChI is InChI=1S/C21H28N2O6Si/c1-5-27-30(28-6-2,29-16(3)15-21(24)25)18-13-11-17(12-14-18)22-23-19-9-7-8-10-20(19)26-4/h7-14,16H,5-6,15H2,1-4H3,(H,24,25). The third-order valence-electron chi connectivity index (χ3n) is 4.07. The Kier molecular flexibility index (Phi) is 9.12. The first-order chi connectivity index (χ1) is 14.4. The number of ether oxygens (including phenoxy) is 1. The van der Waals surface area contributed by atoms with Crippen molar-refractivity contribution in [1.29, 1.82) is 0 Å². The molecule has 0 spiro atoms. The topological polar surface area (TPSA) is 98.9 Å². The predicted octanol–water partition coefficient (Wildman–Crippen LogP) is 4.21. The third-order valence-corrected chi connectivity index (χ3v) is 7.16. The molecule has 0 radical (unpaired) electrons. The second-order valence-corrected chi connectivity index (χ2v) is 8.87. The molecule has 0 aliphatic heterocycles. The smallest absolute Gasteiger partial charge is 0.494 e. The van der Waals surface area contributed by atoms with Gasteiger partial charge in [-0.05, 0) is 45.0 Å². The molecule has 0 aliphatic rings. The number of methoxy groups -OCH3 is 1. The van der Waals surface area contributed by atoms with E-state index in [0.717, 1.165) is 5.19 Å². The highest BCUT2D eigenvalue weighted by molar-refractivity contribution is 6.75. The van der Waals surface area contributed by atoms with Crippen LogP contribution in [0.5, 0.6) is 5.75 Å². The summed E-state index contributed by atoms with van der Waals surface area (Å²) in [6, 6.07) is 14.6. The normalized spacial score (nSPS) is 12.8. The van der Waals surface area contributed by atoms with Gasteiger partial charge in [-0.15, -0.1) is 5.11 Å². The number of para-hydroxylation sites is 1. The van der Waals surface area contributed by atoms with Crippen LogP contribution < -0.4 is 9.92 Å². The molecule has 1 atom stereocenters. The van der Waals surface area contributed by atoms with Crippen molar-refractivity contribution in [3.05, 3.63) is 48.5 Å². The molecule has 0 heterocycles. The molecular weight excluding hydrogens is 404 g/mol. The molecule has 0 aliphatic carbocycles. The summed E-state index contributed by atoms with van der Waals surface area (Å²) < 4.78 is 23.2. The zero-order chi connectivity index (χ0) is 22.0. The van der Waals surface area contributed by atoms with E-state index in [0.29, 0.717) is 30.3 Å². The summed E-state index contributed by atoms with van der Waals surface area (Å²) in [5.74, 6) is -0.302. The lowest BCUT2D eigenvalue weighted by Gasteiger charge is -2.31. The summed E-state index contributed by atoms with van der Waals surface area (Å²) >= 11 is 0. The fourth-order valence-corrected chi connectivity index (χ4v) is 5.47. The van der Waals surface area contributed by atoms with Crippen LogP contribution in [-0.4, -0.2) is 46.3 Å². The Bertz CT molecular complexity index is 838. The molecule has 1 N–H and O–H groups in total. The van der Waals surface area contributed by atoms with Crippen LogP contribution in [0.2, 0.25) is 0 Å². The lowest BCUT2D eigenvalue weighted by Crippen LogP contribution is -2.58. The van der Waals surface area contributed by atoms with Crippen LogP contribution in [0.4, 0.5) is 11.4 Å². The molecule has 8 nitrogen and oxygen atoms in total. The molecule has 1 unspecified atom stereocenters. The van der Waals surface area contributed by atoms with Crippen LogP contribution in [0.25, 0.3) is 0 Å². The van der Waals surface area contributed by atoms with Gasteiger partial charge in [0.05, 0.1) is 25.3 Å². The summed E-state index contributed by atoms with van der Waals surface area (Å²) in [6.45, 7) is 6.15. The minimum atomic E-state index is -3.28. The number of hydrogen-bond donors (Lipinski definition) is 1. The maximum Gasteiger partial charge on any atom is 0.537 e. The first-order valence-electron chi connectivity index (χ1n) is 9.76. The van der Waals surface area contributed by atoms with Crippen LogP contribution in [0.1, 0.15) is 27.2 Å². The maximum atomic E-state index is 11.0. The van der Waals surface area contributed by atoms with Crippen LogP contribution in [0.15, 0.2) is 58.8 Å². The van der Waals surface area contributed by atoms with Gasteiger partial charge >= 0.3 is 14.8 Å². The highest BCUT2D eigenvalue weighted by Gasteiger charge is 2.45. The van der Waals surface area contributed by atoms with Gasteiger partial charge in [-0.2, -0.15) is 5.11 Å². The molecule has 0 bridgehead atoms. The Balaban J connectivity index is 2.27. The van der Waals surface area contributed by atoms with Crippen LogP contribution in [0.3, 0.4) is 0 Å². The van der Waals surface area contributed by atoms with Crippen molar-refractivity contribution < 1.29 is 27.9 Å². The minimum Gasteiger partial charge on any atom is -0.494 e. The van der Waals surface area contributed by atoms with Crippen molar-refractivity contribution in [1.82, 2.24) is 0 Å². The molecule has 0 saturated carbocycles. The van der Waals surface area contributed by atoms with Gasteiger partial charge in [0, 0.05) is 18.4 Å². The number of aliphatic carboxylic acids is 1. The van der Waals surface area contributed by atoms with E-state index in [-0.39, 0.29) is 6.42 Å². The zero-order valence-corrected chi connectivity index (χ0v) is 18.7. The molecule has 2 rings (SSSR count).